The highest BCUT2D eigenvalue weighted by molar-refractivity contribution is 7.20. The van der Waals surface area contributed by atoms with Crippen LogP contribution in [-0.4, -0.2) is 23.2 Å². The van der Waals surface area contributed by atoms with Gasteiger partial charge in [0.2, 0.25) is 0 Å². The molecule has 1 unspecified atom stereocenters. The van der Waals surface area contributed by atoms with E-state index < -0.39 is 7.12 Å². The van der Waals surface area contributed by atoms with Crippen molar-refractivity contribution in [1.29, 1.82) is 0 Å². The third kappa shape index (κ3) is 2.82. The lowest BCUT2D eigenvalue weighted by atomic mass is 9.78. The first-order valence-corrected chi connectivity index (χ1v) is 8.70. The number of nitrogens with zero attached hydrogens (tertiary/aromatic N) is 1. The fourth-order valence-corrected chi connectivity index (χ4v) is 3.93. The quantitative estimate of drug-likeness (QED) is 0.731. The summed E-state index contributed by atoms with van der Waals surface area (Å²) in [4.78, 5) is 4.67. The van der Waals surface area contributed by atoms with Gasteiger partial charge in [0.05, 0.1) is 16.3 Å². The van der Waals surface area contributed by atoms with Gasteiger partial charge in [0.15, 0.2) is 0 Å². The lowest BCUT2D eigenvalue weighted by molar-refractivity contribution is 0.237. The van der Waals surface area contributed by atoms with Gasteiger partial charge in [-0.3, -0.25) is 0 Å². The van der Waals surface area contributed by atoms with E-state index in [1.807, 2.05) is 73.7 Å². The SMILES string of the molecule is CC1OB(O)C(c2nc3ccccc3s2)=C1/C=C/c1ccccc1. The van der Waals surface area contributed by atoms with E-state index in [0.717, 1.165) is 31.8 Å². The molecule has 1 N–H and O–H groups in total. The van der Waals surface area contributed by atoms with Gasteiger partial charge in [-0.15, -0.1) is 11.3 Å². The van der Waals surface area contributed by atoms with Crippen LogP contribution in [0.1, 0.15) is 17.5 Å². The maximum Gasteiger partial charge on any atom is 0.495 e. The van der Waals surface area contributed by atoms with Crippen molar-refractivity contribution in [3.05, 3.63) is 76.8 Å². The molecule has 118 valence electrons. The Hall–Kier alpha value is -2.21. The maximum atomic E-state index is 10.4. The van der Waals surface area contributed by atoms with Gasteiger partial charge in [-0.05, 0) is 30.2 Å². The third-order valence-electron chi connectivity index (χ3n) is 4.11. The van der Waals surface area contributed by atoms with Gasteiger partial charge in [0.1, 0.15) is 5.01 Å². The molecule has 0 fully saturated rings. The molecule has 1 aliphatic rings. The number of rotatable bonds is 3. The fraction of sp³-hybridized carbons (Fsp3) is 0.105. The van der Waals surface area contributed by atoms with Crippen LogP contribution in [0, 0.1) is 0 Å². The molecule has 0 aliphatic carbocycles. The normalized spacial score (nSPS) is 18.2. The van der Waals surface area contributed by atoms with Crippen LogP contribution in [0.5, 0.6) is 0 Å². The first-order chi connectivity index (χ1) is 11.7. The first kappa shape index (κ1) is 15.3. The van der Waals surface area contributed by atoms with Gasteiger partial charge >= 0.3 is 7.12 Å². The zero-order valence-corrected chi connectivity index (χ0v) is 14.0. The minimum Gasteiger partial charge on any atom is -0.423 e. The summed E-state index contributed by atoms with van der Waals surface area (Å²) in [5, 5.41) is 11.2. The molecule has 0 saturated carbocycles. The molecule has 4 rings (SSSR count). The highest BCUT2D eigenvalue weighted by Gasteiger charge is 2.36. The van der Waals surface area contributed by atoms with Crippen LogP contribution in [0.3, 0.4) is 0 Å². The summed E-state index contributed by atoms with van der Waals surface area (Å²) in [6.45, 7) is 1.95. The van der Waals surface area contributed by atoms with Crippen LogP contribution in [-0.2, 0) is 4.65 Å². The fourth-order valence-electron chi connectivity index (χ4n) is 2.89. The van der Waals surface area contributed by atoms with Crippen molar-refractivity contribution in [2.24, 2.45) is 0 Å². The number of fused-ring (bicyclic) bond motifs is 1. The Balaban J connectivity index is 1.79. The van der Waals surface area contributed by atoms with E-state index in [4.69, 9.17) is 4.65 Å². The molecular formula is C19H16BNO2S. The second-order valence-electron chi connectivity index (χ2n) is 5.73. The van der Waals surface area contributed by atoms with Crippen LogP contribution in [0.2, 0.25) is 0 Å². The smallest absolute Gasteiger partial charge is 0.423 e. The number of aromatic nitrogens is 1. The minimum absolute atomic E-state index is 0.165. The minimum atomic E-state index is -0.934. The van der Waals surface area contributed by atoms with Crippen LogP contribution in [0.4, 0.5) is 0 Å². The molecule has 1 aliphatic heterocycles. The number of thiazole rings is 1. The number of para-hydroxylation sites is 1. The molecule has 0 spiro atoms. The van der Waals surface area contributed by atoms with Crippen molar-refractivity contribution in [2.75, 3.05) is 0 Å². The Morgan fingerprint density at radius 1 is 1.08 bits per heavy atom. The summed E-state index contributed by atoms with van der Waals surface area (Å²) in [6, 6.07) is 18.1. The maximum absolute atomic E-state index is 10.4. The van der Waals surface area contributed by atoms with E-state index in [1.54, 1.807) is 11.3 Å². The molecule has 0 saturated heterocycles. The summed E-state index contributed by atoms with van der Waals surface area (Å²) in [7, 11) is -0.934. The van der Waals surface area contributed by atoms with E-state index in [1.165, 1.54) is 0 Å². The molecule has 2 aromatic carbocycles. The highest BCUT2D eigenvalue weighted by atomic mass is 32.1. The number of hydrogen-bond acceptors (Lipinski definition) is 4. The molecule has 5 heteroatoms. The third-order valence-corrected chi connectivity index (χ3v) is 5.18. The van der Waals surface area contributed by atoms with Gasteiger partial charge in [-0.2, -0.15) is 0 Å². The Morgan fingerprint density at radius 3 is 2.62 bits per heavy atom. The average molecular weight is 333 g/mol. The van der Waals surface area contributed by atoms with E-state index in [9.17, 15) is 5.02 Å². The van der Waals surface area contributed by atoms with Crippen LogP contribution >= 0.6 is 11.3 Å². The Morgan fingerprint density at radius 2 is 1.83 bits per heavy atom. The standard InChI is InChI=1S/C19H16BNO2S/c1-13-15(12-11-14-7-3-2-4-8-14)18(20(22)23-13)19-21-16-9-5-6-10-17(16)24-19/h2-13,22H,1H3/b12-11+. The average Bonchev–Trinajstić information content (AvgIpc) is 3.13. The Kier molecular flexibility index (Phi) is 4.06. The highest BCUT2D eigenvalue weighted by Crippen LogP contribution is 2.36. The lowest BCUT2D eigenvalue weighted by Crippen LogP contribution is -2.16. The number of benzene rings is 2. The predicted molar refractivity (Wildman–Crippen MR) is 101 cm³/mol. The predicted octanol–water partition coefficient (Wildman–Crippen LogP) is 4.20. The molecular weight excluding hydrogens is 317 g/mol. The second kappa shape index (κ2) is 6.36. The summed E-state index contributed by atoms with van der Waals surface area (Å²) >= 11 is 1.58. The molecule has 1 atom stereocenters. The zero-order valence-electron chi connectivity index (χ0n) is 13.2. The molecule has 24 heavy (non-hydrogen) atoms. The molecule has 3 aromatic rings. The first-order valence-electron chi connectivity index (χ1n) is 7.89. The number of hydrogen-bond donors (Lipinski definition) is 1. The summed E-state index contributed by atoms with van der Waals surface area (Å²) in [5.74, 6) is 0. The topological polar surface area (TPSA) is 42.4 Å². The lowest BCUT2D eigenvalue weighted by Gasteiger charge is -2.05. The van der Waals surface area contributed by atoms with Crippen molar-refractivity contribution in [3.8, 4) is 0 Å². The summed E-state index contributed by atoms with van der Waals surface area (Å²) in [5.41, 5.74) is 3.81. The van der Waals surface area contributed by atoms with E-state index in [-0.39, 0.29) is 6.10 Å². The monoisotopic (exact) mass is 333 g/mol. The van der Waals surface area contributed by atoms with Gasteiger partial charge in [-0.1, -0.05) is 54.6 Å². The van der Waals surface area contributed by atoms with E-state index >= 15 is 0 Å². The van der Waals surface area contributed by atoms with Crippen LogP contribution < -0.4 is 0 Å². The van der Waals surface area contributed by atoms with Crippen molar-refractivity contribution < 1.29 is 9.68 Å². The zero-order chi connectivity index (χ0) is 16.5. The van der Waals surface area contributed by atoms with Gasteiger partial charge in [0, 0.05) is 5.47 Å². The van der Waals surface area contributed by atoms with Crippen molar-refractivity contribution in [1.82, 2.24) is 4.98 Å². The van der Waals surface area contributed by atoms with Crippen molar-refractivity contribution in [3.63, 3.8) is 0 Å². The molecule has 2 heterocycles. The molecule has 0 radical (unpaired) electrons. The van der Waals surface area contributed by atoms with Gasteiger partial charge in [0.25, 0.3) is 0 Å². The van der Waals surface area contributed by atoms with Crippen molar-refractivity contribution in [2.45, 2.75) is 13.0 Å². The molecule has 1 aromatic heterocycles. The van der Waals surface area contributed by atoms with E-state index in [2.05, 4.69) is 4.98 Å². The summed E-state index contributed by atoms with van der Waals surface area (Å²) < 4.78 is 6.73. The Bertz CT molecular complexity index is 900. The Labute approximate surface area is 145 Å². The second-order valence-corrected chi connectivity index (χ2v) is 6.76. The molecule has 0 amide bonds. The largest absolute Gasteiger partial charge is 0.495 e. The molecule has 3 nitrogen and oxygen atoms in total. The van der Waals surface area contributed by atoms with Crippen LogP contribution in [0.25, 0.3) is 21.8 Å². The summed E-state index contributed by atoms with van der Waals surface area (Å²) in [6.07, 6.45) is 3.90. The van der Waals surface area contributed by atoms with E-state index in [0.29, 0.717) is 0 Å². The van der Waals surface area contributed by atoms with Gasteiger partial charge < -0.3 is 9.68 Å². The van der Waals surface area contributed by atoms with Gasteiger partial charge in [-0.25, -0.2) is 4.98 Å². The van der Waals surface area contributed by atoms with Crippen molar-refractivity contribution >= 4 is 40.2 Å². The van der Waals surface area contributed by atoms with Crippen LogP contribution in [0.15, 0.2) is 66.2 Å². The molecule has 0 bridgehead atoms.